The summed E-state index contributed by atoms with van der Waals surface area (Å²) in [5, 5.41) is 24.5. The third-order valence-corrected chi connectivity index (χ3v) is 6.50. The molecular weight excluding hydrogens is 426 g/mol. The zero-order valence-corrected chi connectivity index (χ0v) is 19.6. The third-order valence-electron chi connectivity index (χ3n) is 6.50. The van der Waals surface area contributed by atoms with Crippen LogP contribution in [0.4, 0.5) is 11.4 Å². The SMILES string of the molecule is CNCCn1c(CN2c3ccccc3N(Cc3ccc(C(C)O)cc3)C2O)nc2ccccc21. The lowest BCUT2D eigenvalue weighted by Crippen LogP contribution is -2.43. The molecule has 0 bridgehead atoms. The zero-order valence-electron chi connectivity index (χ0n) is 19.6. The molecule has 1 aliphatic rings. The maximum absolute atomic E-state index is 11.4. The van der Waals surface area contributed by atoms with E-state index in [4.69, 9.17) is 4.98 Å². The van der Waals surface area contributed by atoms with E-state index in [-0.39, 0.29) is 0 Å². The summed E-state index contributed by atoms with van der Waals surface area (Å²) < 4.78 is 2.23. The van der Waals surface area contributed by atoms with Crippen LogP contribution in [-0.2, 0) is 19.6 Å². The van der Waals surface area contributed by atoms with Gasteiger partial charge in [-0.2, -0.15) is 0 Å². The minimum absolute atomic E-state index is 0.494. The first-order valence-electron chi connectivity index (χ1n) is 11.7. The average Bonchev–Trinajstić information content (AvgIpc) is 3.33. The summed E-state index contributed by atoms with van der Waals surface area (Å²) in [5.74, 6) is 0.924. The smallest absolute Gasteiger partial charge is 0.208 e. The highest BCUT2D eigenvalue weighted by atomic mass is 16.3. The number of imidazole rings is 1. The lowest BCUT2D eigenvalue weighted by atomic mass is 10.1. The zero-order chi connectivity index (χ0) is 23.7. The quantitative estimate of drug-likeness (QED) is 0.375. The summed E-state index contributed by atoms with van der Waals surface area (Å²) in [6.07, 6.45) is -1.31. The lowest BCUT2D eigenvalue weighted by Gasteiger charge is -2.28. The van der Waals surface area contributed by atoms with Gasteiger partial charge in [-0.25, -0.2) is 4.98 Å². The Kier molecular flexibility index (Phi) is 6.24. The van der Waals surface area contributed by atoms with Crippen LogP contribution < -0.4 is 15.1 Å². The van der Waals surface area contributed by atoms with Gasteiger partial charge in [0.2, 0.25) is 6.35 Å². The second-order valence-electron chi connectivity index (χ2n) is 8.78. The van der Waals surface area contributed by atoms with Gasteiger partial charge in [-0.15, -0.1) is 0 Å². The van der Waals surface area contributed by atoms with Gasteiger partial charge in [-0.05, 0) is 49.4 Å². The summed E-state index contributed by atoms with van der Waals surface area (Å²) in [4.78, 5) is 8.93. The second-order valence-corrected chi connectivity index (χ2v) is 8.78. The molecule has 0 saturated heterocycles. The van der Waals surface area contributed by atoms with Gasteiger partial charge in [0.1, 0.15) is 5.82 Å². The van der Waals surface area contributed by atoms with Crippen LogP contribution in [0, 0.1) is 0 Å². The summed E-state index contributed by atoms with van der Waals surface area (Å²) >= 11 is 0. The van der Waals surface area contributed by atoms with Crippen molar-refractivity contribution in [3.05, 3.63) is 89.7 Å². The van der Waals surface area contributed by atoms with Crippen molar-refractivity contribution in [3.63, 3.8) is 0 Å². The molecule has 2 atom stereocenters. The second kappa shape index (κ2) is 9.46. The van der Waals surface area contributed by atoms with E-state index in [1.54, 1.807) is 6.92 Å². The van der Waals surface area contributed by atoms with E-state index >= 15 is 0 Å². The monoisotopic (exact) mass is 457 g/mol. The summed E-state index contributed by atoms with van der Waals surface area (Å²) in [7, 11) is 1.95. The number of aliphatic hydroxyl groups excluding tert-OH is 2. The minimum Gasteiger partial charge on any atom is -0.389 e. The number of hydrogen-bond acceptors (Lipinski definition) is 6. The van der Waals surface area contributed by atoms with Crippen molar-refractivity contribution in [1.82, 2.24) is 14.9 Å². The Balaban J connectivity index is 1.45. The number of anilines is 2. The number of likely N-dealkylation sites (N-methyl/N-ethyl adjacent to an activating group) is 1. The number of benzene rings is 3. The molecule has 0 amide bonds. The van der Waals surface area contributed by atoms with Gasteiger partial charge in [0.15, 0.2) is 0 Å². The number of fused-ring (bicyclic) bond motifs is 2. The highest BCUT2D eigenvalue weighted by Gasteiger charge is 2.35. The number of hydrogen-bond donors (Lipinski definition) is 3. The van der Waals surface area contributed by atoms with Gasteiger partial charge in [-0.1, -0.05) is 48.5 Å². The molecule has 1 aliphatic heterocycles. The Hall–Kier alpha value is -3.39. The Morgan fingerprint density at radius 3 is 2.24 bits per heavy atom. The molecule has 0 fully saturated rings. The van der Waals surface area contributed by atoms with Crippen LogP contribution in [0.3, 0.4) is 0 Å². The van der Waals surface area contributed by atoms with E-state index in [9.17, 15) is 10.2 Å². The highest BCUT2D eigenvalue weighted by Crippen LogP contribution is 2.40. The van der Waals surface area contributed by atoms with E-state index in [1.165, 1.54) is 0 Å². The van der Waals surface area contributed by atoms with E-state index in [0.29, 0.717) is 13.1 Å². The first kappa shape index (κ1) is 22.4. The van der Waals surface area contributed by atoms with Crippen LogP contribution in [-0.4, -0.2) is 39.7 Å². The molecule has 0 aliphatic carbocycles. The molecule has 34 heavy (non-hydrogen) atoms. The fraction of sp³-hybridized carbons (Fsp3) is 0.296. The van der Waals surface area contributed by atoms with Crippen molar-refractivity contribution in [3.8, 4) is 0 Å². The van der Waals surface area contributed by atoms with E-state index < -0.39 is 12.5 Å². The topological polar surface area (TPSA) is 76.8 Å². The molecule has 2 heterocycles. The van der Waals surface area contributed by atoms with E-state index in [1.807, 2.05) is 77.5 Å². The molecule has 4 aromatic rings. The summed E-state index contributed by atoms with van der Waals surface area (Å²) in [6.45, 7) is 4.45. The van der Waals surface area contributed by atoms with Crippen LogP contribution in [0.15, 0.2) is 72.8 Å². The molecule has 3 aromatic carbocycles. The molecular formula is C27H31N5O2. The standard InChI is InChI=1S/C27H31N5O2/c1-19(33)21-13-11-20(12-14-21)17-31-24-9-5-6-10-25(24)32(27(31)34)18-26-29-22-7-3-4-8-23(22)30(26)16-15-28-2/h3-14,19,27-28,33-34H,15-18H2,1-2H3. The van der Waals surface area contributed by atoms with Crippen molar-refractivity contribution in [2.24, 2.45) is 0 Å². The van der Waals surface area contributed by atoms with Gasteiger partial charge in [0, 0.05) is 19.6 Å². The minimum atomic E-state index is -0.814. The van der Waals surface area contributed by atoms with Crippen molar-refractivity contribution in [2.45, 2.75) is 39.0 Å². The number of aliphatic hydroxyl groups is 2. The summed E-state index contributed by atoms with van der Waals surface area (Å²) in [5.41, 5.74) is 6.00. The van der Waals surface area contributed by atoms with Gasteiger partial charge in [0.05, 0.1) is 35.1 Å². The normalized spacial score (nSPS) is 16.3. The molecule has 176 valence electrons. The maximum Gasteiger partial charge on any atom is 0.208 e. The predicted octanol–water partition coefficient (Wildman–Crippen LogP) is 3.61. The van der Waals surface area contributed by atoms with Crippen LogP contribution in [0.5, 0.6) is 0 Å². The highest BCUT2D eigenvalue weighted by molar-refractivity contribution is 5.78. The Bertz CT molecular complexity index is 1270. The predicted molar refractivity (Wildman–Crippen MR) is 136 cm³/mol. The number of rotatable bonds is 8. The fourth-order valence-electron chi connectivity index (χ4n) is 4.67. The number of aromatic nitrogens is 2. The average molecular weight is 458 g/mol. The van der Waals surface area contributed by atoms with Crippen LogP contribution in [0.25, 0.3) is 11.0 Å². The van der Waals surface area contributed by atoms with Crippen LogP contribution in [0.1, 0.15) is 30.0 Å². The molecule has 2 unspecified atom stereocenters. The molecule has 1 aromatic heterocycles. The maximum atomic E-state index is 11.4. The molecule has 0 radical (unpaired) electrons. The molecule has 0 spiro atoms. The van der Waals surface area contributed by atoms with Crippen molar-refractivity contribution < 1.29 is 10.2 Å². The molecule has 5 rings (SSSR count). The van der Waals surface area contributed by atoms with Crippen LogP contribution in [0.2, 0.25) is 0 Å². The van der Waals surface area contributed by atoms with Crippen molar-refractivity contribution >= 4 is 22.4 Å². The van der Waals surface area contributed by atoms with Crippen molar-refractivity contribution in [2.75, 3.05) is 23.4 Å². The van der Waals surface area contributed by atoms with Gasteiger partial charge < -0.3 is 29.9 Å². The largest absolute Gasteiger partial charge is 0.389 e. The number of nitrogens with zero attached hydrogens (tertiary/aromatic N) is 4. The number of nitrogens with one attached hydrogen (secondary N) is 1. The summed E-state index contributed by atoms with van der Waals surface area (Å²) in [6, 6.07) is 24.2. The first-order chi connectivity index (χ1) is 16.6. The Morgan fingerprint density at radius 1 is 0.912 bits per heavy atom. The third kappa shape index (κ3) is 4.14. The Labute approximate surface area is 199 Å². The molecule has 7 heteroatoms. The van der Waals surface area contributed by atoms with Gasteiger partial charge in [-0.3, -0.25) is 0 Å². The lowest BCUT2D eigenvalue weighted by molar-refractivity contribution is 0.167. The van der Waals surface area contributed by atoms with Gasteiger partial charge in [0.25, 0.3) is 0 Å². The Morgan fingerprint density at radius 2 is 1.56 bits per heavy atom. The van der Waals surface area contributed by atoms with Crippen molar-refractivity contribution in [1.29, 1.82) is 0 Å². The molecule has 3 N–H and O–H groups in total. The first-order valence-corrected chi connectivity index (χ1v) is 11.7. The van der Waals surface area contributed by atoms with Crippen LogP contribution >= 0.6 is 0 Å². The number of para-hydroxylation sites is 4. The fourth-order valence-corrected chi connectivity index (χ4v) is 4.67. The van der Waals surface area contributed by atoms with E-state index in [2.05, 4.69) is 22.0 Å². The van der Waals surface area contributed by atoms with Gasteiger partial charge >= 0.3 is 0 Å². The molecule has 7 nitrogen and oxygen atoms in total. The molecule has 0 saturated carbocycles. The van der Waals surface area contributed by atoms with E-state index in [0.717, 1.165) is 52.4 Å².